The standard InChI is InChI=1S/C26H45N3OSi/c1-18(2)31(19(3)4,20(5)6)30-17-23-16-29(28-27-23)24-14-21(25(7,8)9)13-22(15-24)26(10,11)12/h13-16,18-20H,17H2,1-12H3. The van der Waals surface area contributed by atoms with Crippen LogP contribution in [0.4, 0.5) is 0 Å². The molecule has 2 rings (SSSR count). The van der Waals surface area contributed by atoms with Gasteiger partial charge in [-0.3, -0.25) is 0 Å². The Morgan fingerprint density at radius 2 is 1.26 bits per heavy atom. The summed E-state index contributed by atoms with van der Waals surface area (Å²) in [5.41, 5.74) is 6.40. The molecule has 0 aliphatic carbocycles. The van der Waals surface area contributed by atoms with E-state index in [9.17, 15) is 0 Å². The fourth-order valence-corrected chi connectivity index (χ4v) is 10.2. The molecule has 0 aliphatic heterocycles. The van der Waals surface area contributed by atoms with Crippen LogP contribution in [0.3, 0.4) is 0 Å². The first-order valence-electron chi connectivity index (χ1n) is 11.8. The van der Waals surface area contributed by atoms with Gasteiger partial charge in [0.2, 0.25) is 8.32 Å². The fraction of sp³-hybridized carbons (Fsp3) is 0.692. The second kappa shape index (κ2) is 9.19. The third-order valence-electron chi connectivity index (χ3n) is 6.63. The van der Waals surface area contributed by atoms with Crippen LogP contribution in [0.1, 0.15) is 99.9 Å². The molecule has 1 aromatic heterocycles. The smallest absolute Gasteiger partial charge is 0.200 e. The zero-order valence-electron chi connectivity index (χ0n) is 22.0. The van der Waals surface area contributed by atoms with Crippen molar-refractivity contribution in [3.8, 4) is 5.69 Å². The van der Waals surface area contributed by atoms with Gasteiger partial charge in [0.25, 0.3) is 0 Å². The van der Waals surface area contributed by atoms with Crippen molar-refractivity contribution in [3.05, 3.63) is 41.2 Å². The summed E-state index contributed by atoms with van der Waals surface area (Å²) in [4.78, 5) is 0. The Morgan fingerprint density at radius 1 is 0.806 bits per heavy atom. The minimum Gasteiger partial charge on any atom is -0.410 e. The van der Waals surface area contributed by atoms with Gasteiger partial charge in [0.05, 0.1) is 18.5 Å². The minimum atomic E-state index is -1.93. The first-order chi connectivity index (χ1) is 14.1. The highest BCUT2D eigenvalue weighted by Gasteiger charge is 2.45. The summed E-state index contributed by atoms with van der Waals surface area (Å²) in [7, 11) is -1.93. The first-order valence-corrected chi connectivity index (χ1v) is 13.9. The highest BCUT2D eigenvalue weighted by molar-refractivity contribution is 6.77. The van der Waals surface area contributed by atoms with Crippen LogP contribution >= 0.6 is 0 Å². The normalized spacial score (nSPS) is 13.6. The molecule has 0 amide bonds. The highest BCUT2D eigenvalue weighted by atomic mass is 28.4. The van der Waals surface area contributed by atoms with Gasteiger partial charge in [0.1, 0.15) is 5.69 Å². The van der Waals surface area contributed by atoms with Gasteiger partial charge in [-0.15, -0.1) is 5.10 Å². The Labute approximate surface area is 191 Å². The third kappa shape index (κ3) is 5.67. The molecular weight excluding hydrogens is 398 g/mol. The zero-order chi connectivity index (χ0) is 23.8. The molecule has 0 unspecified atom stereocenters. The van der Waals surface area contributed by atoms with Gasteiger partial charge in [-0.1, -0.05) is 94.4 Å². The predicted octanol–water partition coefficient (Wildman–Crippen LogP) is 7.55. The molecule has 0 bridgehead atoms. The topological polar surface area (TPSA) is 39.9 Å². The zero-order valence-corrected chi connectivity index (χ0v) is 23.0. The SMILES string of the molecule is CC(C)[Si](OCc1cn(-c2cc(C(C)(C)C)cc(C(C)(C)C)c2)nn1)(C(C)C)C(C)C. The van der Waals surface area contributed by atoms with Gasteiger partial charge in [-0.25, -0.2) is 4.68 Å². The van der Waals surface area contributed by atoms with E-state index in [1.165, 1.54) is 11.1 Å². The molecule has 31 heavy (non-hydrogen) atoms. The Morgan fingerprint density at radius 3 is 1.65 bits per heavy atom. The van der Waals surface area contributed by atoms with Gasteiger partial charge in [0, 0.05) is 0 Å². The van der Waals surface area contributed by atoms with Crippen LogP contribution in [-0.4, -0.2) is 23.3 Å². The van der Waals surface area contributed by atoms with E-state index < -0.39 is 8.32 Å². The third-order valence-corrected chi connectivity index (χ3v) is 12.7. The van der Waals surface area contributed by atoms with E-state index >= 15 is 0 Å². The van der Waals surface area contributed by atoms with Crippen LogP contribution < -0.4 is 0 Å². The largest absolute Gasteiger partial charge is 0.410 e. The monoisotopic (exact) mass is 443 g/mol. The van der Waals surface area contributed by atoms with Gasteiger partial charge >= 0.3 is 0 Å². The molecular formula is C26H45N3OSi. The molecule has 0 N–H and O–H groups in total. The lowest BCUT2D eigenvalue weighted by Gasteiger charge is -2.41. The molecule has 0 radical (unpaired) electrons. The highest BCUT2D eigenvalue weighted by Crippen LogP contribution is 2.42. The molecule has 0 fully saturated rings. The lowest BCUT2D eigenvalue weighted by atomic mass is 9.80. The average Bonchev–Trinajstić information content (AvgIpc) is 3.08. The van der Waals surface area contributed by atoms with Crippen LogP contribution in [0.2, 0.25) is 16.6 Å². The fourth-order valence-electron chi connectivity index (χ4n) is 4.80. The second-order valence-corrected chi connectivity index (χ2v) is 17.5. The Kier molecular flexibility index (Phi) is 7.64. The van der Waals surface area contributed by atoms with Crippen molar-refractivity contribution >= 4 is 8.32 Å². The van der Waals surface area contributed by atoms with Crippen LogP contribution in [0, 0.1) is 0 Å². The van der Waals surface area contributed by atoms with E-state index in [-0.39, 0.29) is 10.8 Å². The number of hydrogen-bond donors (Lipinski definition) is 0. The van der Waals surface area contributed by atoms with Gasteiger partial charge < -0.3 is 4.43 Å². The Bertz CT molecular complexity index is 815. The molecule has 0 saturated carbocycles. The number of nitrogens with zero attached hydrogens (tertiary/aromatic N) is 3. The summed E-state index contributed by atoms with van der Waals surface area (Å²) >= 11 is 0. The van der Waals surface area contributed by atoms with E-state index in [1.54, 1.807) is 0 Å². The van der Waals surface area contributed by atoms with Crippen molar-refractivity contribution in [1.82, 2.24) is 15.0 Å². The average molecular weight is 444 g/mol. The summed E-state index contributed by atoms with van der Waals surface area (Å²) in [5, 5.41) is 8.94. The molecule has 1 aromatic carbocycles. The maximum absolute atomic E-state index is 6.73. The Hall–Kier alpha value is -1.46. The predicted molar refractivity (Wildman–Crippen MR) is 135 cm³/mol. The number of hydrogen-bond acceptors (Lipinski definition) is 3. The summed E-state index contributed by atoms with van der Waals surface area (Å²) < 4.78 is 8.64. The van der Waals surface area contributed by atoms with Gasteiger partial charge in [-0.05, 0) is 50.7 Å². The van der Waals surface area contributed by atoms with Crippen molar-refractivity contribution in [3.63, 3.8) is 0 Å². The van der Waals surface area contributed by atoms with Gasteiger partial charge in [0.15, 0.2) is 0 Å². The maximum Gasteiger partial charge on any atom is 0.200 e. The van der Waals surface area contributed by atoms with Crippen LogP contribution in [0.5, 0.6) is 0 Å². The molecule has 2 aromatic rings. The van der Waals surface area contributed by atoms with E-state index in [4.69, 9.17) is 4.43 Å². The molecule has 4 nitrogen and oxygen atoms in total. The van der Waals surface area contributed by atoms with Crippen molar-refractivity contribution in [2.75, 3.05) is 0 Å². The molecule has 0 spiro atoms. The quantitative estimate of drug-likeness (QED) is 0.415. The van der Waals surface area contributed by atoms with Crippen LogP contribution in [0.25, 0.3) is 5.69 Å². The number of benzene rings is 1. The van der Waals surface area contributed by atoms with Crippen LogP contribution in [-0.2, 0) is 21.9 Å². The Balaban J connectivity index is 2.38. The van der Waals surface area contributed by atoms with Crippen molar-refractivity contribution in [2.24, 2.45) is 0 Å². The molecule has 5 heteroatoms. The summed E-state index contributed by atoms with van der Waals surface area (Å²) in [5.74, 6) is 0. The van der Waals surface area contributed by atoms with Crippen molar-refractivity contribution in [1.29, 1.82) is 0 Å². The van der Waals surface area contributed by atoms with Crippen LogP contribution in [0.15, 0.2) is 24.4 Å². The molecule has 0 aliphatic rings. The van der Waals surface area contributed by atoms with Gasteiger partial charge in [-0.2, -0.15) is 0 Å². The lowest BCUT2D eigenvalue weighted by molar-refractivity contribution is 0.261. The molecule has 0 atom stereocenters. The van der Waals surface area contributed by atoms with E-state index in [0.717, 1.165) is 11.4 Å². The maximum atomic E-state index is 6.73. The lowest BCUT2D eigenvalue weighted by Crippen LogP contribution is -2.47. The first kappa shape index (κ1) is 25.8. The molecule has 0 saturated heterocycles. The summed E-state index contributed by atoms with van der Waals surface area (Å²) in [6, 6.07) is 6.81. The summed E-state index contributed by atoms with van der Waals surface area (Å²) in [6.07, 6.45) is 2.04. The van der Waals surface area contributed by atoms with E-state index in [1.807, 2.05) is 10.9 Å². The number of aromatic nitrogens is 3. The van der Waals surface area contributed by atoms with E-state index in [2.05, 4.69) is 112 Å². The molecule has 174 valence electrons. The second-order valence-electron chi connectivity index (χ2n) is 12.0. The van der Waals surface area contributed by atoms with Crippen molar-refractivity contribution in [2.45, 2.75) is 117 Å². The minimum absolute atomic E-state index is 0.0690. The van der Waals surface area contributed by atoms with E-state index in [0.29, 0.717) is 23.2 Å². The molecule has 1 heterocycles. The van der Waals surface area contributed by atoms with Crippen molar-refractivity contribution < 1.29 is 4.43 Å². The number of rotatable bonds is 7. The summed E-state index contributed by atoms with van der Waals surface area (Å²) in [6.45, 7) is 28.0.